The number of pyridine rings is 2. The highest BCUT2D eigenvalue weighted by Gasteiger charge is 2.16. The molecule has 6 heteroatoms. The molecule has 0 saturated heterocycles. The van der Waals surface area contributed by atoms with Crippen LogP contribution in [0.25, 0.3) is 44.6 Å². The lowest BCUT2D eigenvalue weighted by molar-refractivity contribution is 1.16. The third-order valence-corrected chi connectivity index (χ3v) is 5.06. The smallest absolute Gasteiger partial charge is 0.209 e. The van der Waals surface area contributed by atoms with Gasteiger partial charge in [0.2, 0.25) is 5.43 Å². The van der Waals surface area contributed by atoms with Crippen LogP contribution in [0, 0.1) is 6.92 Å². The largest absolute Gasteiger partial charge is 0.342 e. The molecule has 0 atom stereocenters. The Hall–Kier alpha value is -3.57. The summed E-state index contributed by atoms with van der Waals surface area (Å²) >= 11 is 6.50. The average molecular weight is 399 g/mol. The molecule has 0 fully saturated rings. The lowest BCUT2D eigenvalue weighted by Crippen LogP contribution is -2.08. The van der Waals surface area contributed by atoms with Gasteiger partial charge in [0.25, 0.3) is 0 Å². The first kappa shape index (κ1) is 17.5. The Morgan fingerprint density at radius 2 is 1.66 bits per heavy atom. The zero-order chi connectivity index (χ0) is 20.0. The van der Waals surface area contributed by atoms with Crippen LogP contribution < -0.4 is 5.43 Å². The zero-order valence-corrected chi connectivity index (χ0v) is 16.2. The summed E-state index contributed by atoms with van der Waals surface area (Å²) < 4.78 is 0. The number of nitrogens with zero attached hydrogens (tertiary/aromatic N) is 3. The molecule has 0 saturated carbocycles. The van der Waals surface area contributed by atoms with Crippen LogP contribution in [0.2, 0.25) is 5.02 Å². The topological polar surface area (TPSA) is 71.5 Å². The number of hydrogen-bond acceptors (Lipinski definition) is 4. The molecular weight excluding hydrogens is 384 g/mol. The van der Waals surface area contributed by atoms with E-state index in [9.17, 15) is 4.79 Å². The van der Waals surface area contributed by atoms with Gasteiger partial charge in [-0.2, -0.15) is 0 Å². The maximum absolute atomic E-state index is 12.6. The SMILES string of the molecule is Cc1cc(=O)c2nc(-c3cc(Cl)c4ncccc4c3)c(-c3ccccc3)nc2[nH]1. The Balaban J connectivity index is 1.88. The zero-order valence-electron chi connectivity index (χ0n) is 15.5. The first-order chi connectivity index (χ1) is 14.1. The van der Waals surface area contributed by atoms with Crippen LogP contribution in [0.15, 0.2) is 71.7 Å². The van der Waals surface area contributed by atoms with E-state index in [4.69, 9.17) is 21.6 Å². The van der Waals surface area contributed by atoms with Crippen molar-refractivity contribution in [3.63, 3.8) is 0 Å². The molecular formula is C23H15ClN4O. The number of fused-ring (bicyclic) bond motifs is 2. The third-order valence-electron chi connectivity index (χ3n) is 4.77. The van der Waals surface area contributed by atoms with Crippen molar-refractivity contribution in [1.29, 1.82) is 0 Å². The predicted octanol–water partition coefficient (Wildman–Crippen LogP) is 5.16. The van der Waals surface area contributed by atoms with Crippen LogP contribution in [-0.4, -0.2) is 19.9 Å². The summed E-state index contributed by atoms with van der Waals surface area (Å²) in [5.41, 5.74) is 5.02. The Morgan fingerprint density at radius 3 is 2.48 bits per heavy atom. The van der Waals surface area contributed by atoms with E-state index in [2.05, 4.69) is 9.97 Å². The highest BCUT2D eigenvalue weighted by atomic mass is 35.5. The van der Waals surface area contributed by atoms with Gasteiger partial charge in [0.05, 0.1) is 21.9 Å². The summed E-state index contributed by atoms with van der Waals surface area (Å²) in [4.78, 5) is 29.6. The van der Waals surface area contributed by atoms with Crippen LogP contribution in [-0.2, 0) is 0 Å². The van der Waals surface area contributed by atoms with Crippen molar-refractivity contribution < 1.29 is 0 Å². The molecule has 0 aliphatic carbocycles. The number of aryl methyl sites for hydroxylation is 1. The van der Waals surface area contributed by atoms with Gasteiger partial charge in [-0.25, -0.2) is 9.97 Å². The van der Waals surface area contributed by atoms with Crippen molar-refractivity contribution in [2.24, 2.45) is 0 Å². The lowest BCUT2D eigenvalue weighted by atomic mass is 10.0. The second-order valence-corrected chi connectivity index (χ2v) is 7.24. The number of aromatic nitrogens is 4. The van der Waals surface area contributed by atoms with Gasteiger partial charge in [0, 0.05) is 34.5 Å². The molecule has 5 nitrogen and oxygen atoms in total. The third kappa shape index (κ3) is 3.05. The van der Waals surface area contributed by atoms with E-state index in [0.29, 0.717) is 27.6 Å². The molecule has 0 aliphatic heterocycles. The monoisotopic (exact) mass is 398 g/mol. The normalized spacial score (nSPS) is 11.2. The molecule has 1 N–H and O–H groups in total. The van der Waals surface area contributed by atoms with Gasteiger partial charge in [-0.1, -0.05) is 48.0 Å². The van der Waals surface area contributed by atoms with Gasteiger partial charge in [0.1, 0.15) is 0 Å². The van der Waals surface area contributed by atoms with E-state index in [1.54, 1.807) is 6.20 Å². The van der Waals surface area contributed by atoms with Gasteiger partial charge < -0.3 is 4.98 Å². The number of H-pyrrole nitrogens is 1. The molecule has 3 heterocycles. The molecule has 0 bridgehead atoms. The maximum Gasteiger partial charge on any atom is 0.209 e. The molecule has 5 rings (SSSR count). The van der Waals surface area contributed by atoms with Crippen molar-refractivity contribution in [2.45, 2.75) is 6.92 Å². The second kappa shape index (κ2) is 6.79. The van der Waals surface area contributed by atoms with Gasteiger partial charge in [-0.15, -0.1) is 0 Å². The molecule has 29 heavy (non-hydrogen) atoms. The molecule has 0 spiro atoms. The Labute approximate surface area is 171 Å². The lowest BCUT2D eigenvalue weighted by Gasteiger charge is -2.12. The Bertz CT molecular complexity index is 1440. The van der Waals surface area contributed by atoms with E-state index in [1.807, 2.05) is 61.5 Å². The standard InChI is InChI=1S/C23H15ClN4O/c1-13-10-18(29)22-23(26-13)28-20(14-6-3-2-4-7-14)21(27-22)16-11-15-8-5-9-25-19(15)17(24)12-16/h2-12H,1H3,(H,26,28,29). The highest BCUT2D eigenvalue weighted by Crippen LogP contribution is 2.34. The molecule has 5 aromatic rings. The Kier molecular flexibility index (Phi) is 4.11. The molecule has 0 radical (unpaired) electrons. The van der Waals surface area contributed by atoms with Crippen molar-refractivity contribution >= 4 is 33.7 Å². The minimum atomic E-state index is -0.168. The first-order valence-electron chi connectivity index (χ1n) is 9.12. The number of aromatic amines is 1. The molecule has 2 aromatic carbocycles. The molecule has 0 aliphatic rings. The predicted molar refractivity (Wildman–Crippen MR) is 116 cm³/mol. The maximum atomic E-state index is 12.6. The van der Waals surface area contributed by atoms with Crippen LogP contribution in [0.1, 0.15) is 5.69 Å². The van der Waals surface area contributed by atoms with Crippen LogP contribution in [0.4, 0.5) is 0 Å². The van der Waals surface area contributed by atoms with Gasteiger partial charge in [-0.3, -0.25) is 9.78 Å². The average Bonchev–Trinajstić information content (AvgIpc) is 2.73. The van der Waals surface area contributed by atoms with E-state index < -0.39 is 0 Å². The summed E-state index contributed by atoms with van der Waals surface area (Å²) in [6, 6.07) is 18.9. The van der Waals surface area contributed by atoms with Crippen molar-refractivity contribution in [3.05, 3.63) is 87.8 Å². The number of hydrogen-bond donors (Lipinski definition) is 1. The summed E-state index contributed by atoms with van der Waals surface area (Å²) in [5.74, 6) is 0. The quantitative estimate of drug-likeness (QED) is 0.445. The number of nitrogens with one attached hydrogen (secondary N) is 1. The van der Waals surface area contributed by atoms with E-state index in [-0.39, 0.29) is 5.43 Å². The fraction of sp³-hybridized carbons (Fsp3) is 0.0435. The molecule has 0 amide bonds. The second-order valence-electron chi connectivity index (χ2n) is 6.83. The summed E-state index contributed by atoms with van der Waals surface area (Å²) in [6.07, 6.45) is 1.71. The number of benzene rings is 2. The van der Waals surface area contributed by atoms with E-state index in [0.717, 1.165) is 27.7 Å². The van der Waals surface area contributed by atoms with Gasteiger partial charge >= 0.3 is 0 Å². The van der Waals surface area contributed by atoms with E-state index in [1.165, 1.54) is 6.07 Å². The minimum Gasteiger partial charge on any atom is -0.342 e. The van der Waals surface area contributed by atoms with Crippen molar-refractivity contribution in [3.8, 4) is 22.5 Å². The summed E-state index contributed by atoms with van der Waals surface area (Å²) in [6.45, 7) is 1.83. The van der Waals surface area contributed by atoms with Crippen LogP contribution in [0.5, 0.6) is 0 Å². The minimum absolute atomic E-state index is 0.168. The number of halogens is 1. The summed E-state index contributed by atoms with van der Waals surface area (Å²) in [5, 5.41) is 1.42. The Morgan fingerprint density at radius 1 is 0.862 bits per heavy atom. The van der Waals surface area contributed by atoms with Gasteiger partial charge in [0.15, 0.2) is 11.2 Å². The molecule has 0 unspecified atom stereocenters. The molecule has 3 aromatic heterocycles. The summed E-state index contributed by atoms with van der Waals surface area (Å²) in [7, 11) is 0. The van der Waals surface area contributed by atoms with E-state index >= 15 is 0 Å². The fourth-order valence-electron chi connectivity index (χ4n) is 3.47. The van der Waals surface area contributed by atoms with Crippen LogP contribution >= 0.6 is 11.6 Å². The van der Waals surface area contributed by atoms with Crippen molar-refractivity contribution in [1.82, 2.24) is 19.9 Å². The highest BCUT2D eigenvalue weighted by molar-refractivity contribution is 6.35. The fourth-order valence-corrected chi connectivity index (χ4v) is 3.74. The van der Waals surface area contributed by atoms with Crippen molar-refractivity contribution in [2.75, 3.05) is 0 Å². The van der Waals surface area contributed by atoms with Gasteiger partial charge in [-0.05, 0) is 25.1 Å². The number of rotatable bonds is 2. The first-order valence-corrected chi connectivity index (χ1v) is 9.50. The molecule has 140 valence electrons. The van der Waals surface area contributed by atoms with Crippen LogP contribution in [0.3, 0.4) is 0 Å².